The third-order valence-corrected chi connectivity index (χ3v) is 4.70. The number of pyridine rings is 1. The predicted octanol–water partition coefficient (Wildman–Crippen LogP) is 2.22. The Morgan fingerprint density at radius 2 is 1.96 bits per heavy atom. The lowest BCUT2D eigenvalue weighted by atomic mass is 9.90. The molecule has 2 N–H and O–H groups in total. The first-order valence-corrected chi connectivity index (χ1v) is 8.54. The number of aliphatic hydroxyl groups excluding tert-OH is 1. The Morgan fingerprint density at radius 3 is 2.64 bits per heavy atom. The zero-order valence-electron chi connectivity index (χ0n) is 14.2. The molecule has 0 bridgehead atoms. The molecule has 1 atom stereocenters. The highest BCUT2D eigenvalue weighted by Gasteiger charge is 2.25. The van der Waals surface area contributed by atoms with Crippen LogP contribution in [0.2, 0.25) is 0 Å². The number of nitrogens with zero attached hydrogens (tertiary/aromatic N) is 4. The van der Waals surface area contributed by atoms with Gasteiger partial charge in [0.1, 0.15) is 0 Å². The van der Waals surface area contributed by atoms with Gasteiger partial charge in [-0.05, 0) is 43.4 Å². The molecule has 1 saturated heterocycles. The first-order valence-electron chi connectivity index (χ1n) is 8.54. The average molecular weight is 342 g/mol. The van der Waals surface area contributed by atoms with Crippen LogP contribution in [0.4, 0.5) is 5.95 Å². The zero-order valence-corrected chi connectivity index (χ0v) is 14.2. The van der Waals surface area contributed by atoms with E-state index in [1.54, 1.807) is 12.3 Å². The molecule has 7 nitrogen and oxygen atoms in total. The van der Waals surface area contributed by atoms with Crippen molar-refractivity contribution in [3.63, 3.8) is 0 Å². The van der Waals surface area contributed by atoms with E-state index in [0.29, 0.717) is 23.3 Å². The van der Waals surface area contributed by atoms with Crippen LogP contribution in [0.15, 0.2) is 30.6 Å². The van der Waals surface area contributed by atoms with Crippen molar-refractivity contribution >= 4 is 11.9 Å². The SMILES string of the molecule is CCC(O)C1CCN(c2nccc(-c3cc(C(=O)O)ccn3)n2)CC1. The van der Waals surface area contributed by atoms with Crippen LogP contribution in [0.3, 0.4) is 0 Å². The number of anilines is 1. The van der Waals surface area contributed by atoms with Crippen LogP contribution >= 0.6 is 0 Å². The molecule has 1 aliphatic heterocycles. The van der Waals surface area contributed by atoms with E-state index in [1.807, 2.05) is 6.92 Å². The van der Waals surface area contributed by atoms with E-state index in [1.165, 1.54) is 18.3 Å². The van der Waals surface area contributed by atoms with Gasteiger partial charge in [-0.3, -0.25) is 4.98 Å². The molecule has 0 amide bonds. The van der Waals surface area contributed by atoms with Crippen molar-refractivity contribution in [3.8, 4) is 11.4 Å². The summed E-state index contributed by atoms with van der Waals surface area (Å²) in [4.78, 5) is 26.3. The fourth-order valence-corrected chi connectivity index (χ4v) is 3.16. The second-order valence-corrected chi connectivity index (χ2v) is 6.28. The van der Waals surface area contributed by atoms with E-state index in [2.05, 4.69) is 19.9 Å². The summed E-state index contributed by atoms with van der Waals surface area (Å²) in [5, 5.41) is 19.1. The lowest BCUT2D eigenvalue weighted by molar-refractivity contribution is 0.0696. The third kappa shape index (κ3) is 3.93. The molecule has 0 aliphatic carbocycles. The van der Waals surface area contributed by atoms with Crippen LogP contribution in [-0.2, 0) is 0 Å². The second-order valence-electron chi connectivity index (χ2n) is 6.28. The van der Waals surface area contributed by atoms with E-state index in [9.17, 15) is 9.90 Å². The standard InChI is InChI=1S/C18H22N4O3/c1-2-16(23)12-5-9-22(10-6-12)18-20-8-4-14(21-18)15-11-13(17(24)25)3-7-19-15/h3-4,7-8,11-12,16,23H,2,5-6,9-10H2,1H3,(H,24,25). The summed E-state index contributed by atoms with van der Waals surface area (Å²) in [5.41, 5.74) is 1.29. The smallest absolute Gasteiger partial charge is 0.335 e. The number of carboxylic acids is 1. The first kappa shape index (κ1) is 17.3. The van der Waals surface area contributed by atoms with Gasteiger partial charge in [-0.1, -0.05) is 6.92 Å². The Morgan fingerprint density at radius 1 is 1.24 bits per heavy atom. The number of piperidine rings is 1. The van der Waals surface area contributed by atoms with Crippen molar-refractivity contribution in [3.05, 3.63) is 36.2 Å². The maximum atomic E-state index is 11.1. The number of carbonyl (C=O) groups is 1. The van der Waals surface area contributed by atoms with Gasteiger partial charge in [0.15, 0.2) is 0 Å². The van der Waals surface area contributed by atoms with Gasteiger partial charge in [-0.15, -0.1) is 0 Å². The molecule has 7 heteroatoms. The molecule has 0 radical (unpaired) electrons. The van der Waals surface area contributed by atoms with E-state index in [0.717, 1.165) is 32.4 Å². The molecule has 132 valence electrons. The van der Waals surface area contributed by atoms with E-state index < -0.39 is 5.97 Å². The predicted molar refractivity (Wildman–Crippen MR) is 93.5 cm³/mol. The Bertz CT molecular complexity index is 745. The number of carboxylic acid groups (broad SMARTS) is 1. The average Bonchev–Trinajstić information content (AvgIpc) is 2.67. The summed E-state index contributed by atoms with van der Waals surface area (Å²) < 4.78 is 0. The van der Waals surface area contributed by atoms with E-state index in [-0.39, 0.29) is 11.7 Å². The summed E-state index contributed by atoms with van der Waals surface area (Å²) in [6.07, 6.45) is 5.50. The molecule has 3 rings (SSSR count). The highest BCUT2D eigenvalue weighted by Crippen LogP contribution is 2.25. The monoisotopic (exact) mass is 342 g/mol. The molecule has 2 aromatic heterocycles. The minimum absolute atomic E-state index is 0.180. The van der Waals surface area contributed by atoms with Crippen molar-refractivity contribution in [2.75, 3.05) is 18.0 Å². The number of aromatic nitrogens is 3. The molecule has 0 saturated carbocycles. The van der Waals surface area contributed by atoms with Crippen molar-refractivity contribution in [2.45, 2.75) is 32.3 Å². The minimum Gasteiger partial charge on any atom is -0.478 e. The van der Waals surface area contributed by atoms with E-state index in [4.69, 9.17) is 5.11 Å². The number of hydrogen-bond acceptors (Lipinski definition) is 6. The molecular formula is C18H22N4O3. The summed E-state index contributed by atoms with van der Waals surface area (Å²) in [5.74, 6) is -0.0442. The maximum Gasteiger partial charge on any atom is 0.335 e. The molecule has 2 aromatic rings. The van der Waals surface area contributed by atoms with Gasteiger partial charge in [0.05, 0.1) is 23.1 Å². The van der Waals surface area contributed by atoms with Gasteiger partial charge in [0.2, 0.25) is 5.95 Å². The molecule has 1 fully saturated rings. The summed E-state index contributed by atoms with van der Waals surface area (Å²) >= 11 is 0. The Kier molecular flexibility index (Phi) is 5.23. The second kappa shape index (κ2) is 7.57. The van der Waals surface area contributed by atoms with Gasteiger partial charge in [0.25, 0.3) is 0 Å². The van der Waals surface area contributed by atoms with Crippen molar-refractivity contribution < 1.29 is 15.0 Å². The summed E-state index contributed by atoms with van der Waals surface area (Å²) in [6, 6.07) is 4.70. The van der Waals surface area contributed by atoms with Crippen LogP contribution in [0.25, 0.3) is 11.4 Å². The zero-order chi connectivity index (χ0) is 17.8. The molecule has 1 aliphatic rings. The van der Waals surface area contributed by atoms with Gasteiger partial charge < -0.3 is 15.1 Å². The Hall–Kier alpha value is -2.54. The normalized spacial score (nSPS) is 16.6. The molecule has 25 heavy (non-hydrogen) atoms. The van der Waals surface area contributed by atoms with Gasteiger partial charge in [-0.2, -0.15) is 0 Å². The fraction of sp³-hybridized carbons (Fsp3) is 0.444. The molecule has 0 spiro atoms. The molecular weight excluding hydrogens is 320 g/mol. The largest absolute Gasteiger partial charge is 0.478 e. The van der Waals surface area contributed by atoms with Gasteiger partial charge in [-0.25, -0.2) is 14.8 Å². The lowest BCUT2D eigenvalue weighted by Gasteiger charge is -2.34. The Balaban J connectivity index is 1.76. The topological polar surface area (TPSA) is 99.4 Å². The van der Waals surface area contributed by atoms with Gasteiger partial charge in [0, 0.05) is 25.5 Å². The van der Waals surface area contributed by atoms with Crippen LogP contribution in [0.1, 0.15) is 36.5 Å². The van der Waals surface area contributed by atoms with Crippen LogP contribution in [0.5, 0.6) is 0 Å². The molecule has 1 unspecified atom stereocenters. The number of aliphatic hydroxyl groups is 1. The minimum atomic E-state index is -0.991. The number of hydrogen-bond donors (Lipinski definition) is 2. The van der Waals surface area contributed by atoms with Crippen LogP contribution in [-0.4, -0.2) is 50.3 Å². The fourth-order valence-electron chi connectivity index (χ4n) is 3.16. The molecule has 0 aromatic carbocycles. The maximum absolute atomic E-state index is 11.1. The number of aromatic carboxylic acids is 1. The van der Waals surface area contributed by atoms with Gasteiger partial charge >= 0.3 is 5.97 Å². The van der Waals surface area contributed by atoms with Crippen molar-refractivity contribution in [1.29, 1.82) is 0 Å². The van der Waals surface area contributed by atoms with Crippen molar-refractivity contribution in [1.82, 2.24) is 15.0 Å². The van der Waals surface area contributed by atoms with Crippen molar-refractivity contribution in [2.24, 2.45) is 5.92 Å². The highest BCUT2D eigenvalue weighted by atomic mass is 16.4. The Labute approximate surface area is 146 Å². The first-order chi connectivity index (χ1) is 12.1. The quantitative estimate of drug-likeness (QED) is 0.859. The van der Waals surface area contributed by atoms with Crippen LogP contribution < -0.4 is 4.90 Å². The lowest BCUT2D eigenvalue weighted by Crippen LogP contribution is -2.38. The summed E-state index contributed by atoms with van der Waals surface area (Å²) in [6.45, 7) is 3.60. The highest BCUT2D eigenvalue weighted by molar-refractivity contribution is 5.88. The number of rotatable bonds is 5. The van der Waals surface area contributed by atoms with E-state index >= 15 is 0 Å². The molecule has 3 heterocycles. The summed E-state index contributed by atoms with van der Waals surface area (Å²) in [7, 11) is 0. The van der Waals surface area contributed by atoms with Crippen LogP contribution in [0, 0.1) is 5.92 Å². The third-order valence-electron chi connectivity index (χ3n) is 4.70.